The van der Waals surface area contributed by atoms with Crippen molar-refractivity contribution >= 4 is 31.1 Å². The Kier molecular flexibility index (Phi) is 7.28. The molecule has 0 aliphatic carbocycles. The van der Waals surface area contributed by atoms with Crippen molar-refractivity contribution in [3.05, 3.63) is 29.8 Å². The van der Waals surface area contributed by atoms with Gasteiger partial charge in [0, 0.05) is 16.8 Å². The molecule has 1 rings (SSSR count). The SMILES string of the molecule is Cc1ccc(N([Si](C)(C)C)[Si](F)(NC(C)(C)C)N(C(C)(C)C)[Si](C)(C)C)cc1. The average Bonchev–Trinajstić information content (AvgIpc) is 2.33. The summed E-state index contributed by atoms with van der Waals surface area (Å²) in [6, 6.07) is 8.41. The molecular formula is C21H44FN3Si3. The van der Waals surface area contributed by atoms with Gasteiger partial charge in [-0.15, -0.1) is 0 Å². The van der Waals surface area contributed by atoms with E-state index in [0.29, 0.717) is 0 Å². The lowest BCUT2D eigenvalue weighted by Crippen LogP contribution is -2.85. The largest absolute Gasteiger partial charge is 0.503 e. The molecule has 1 aromatic carbocycles. The van der Waals surface area contributed by atoms with Gasteiger partial charge in [0.25, 0.3) is 0 Å². The molecule has 1 N–H and O–H groups in total. The average molecular weight is 442 g/mol. The van der Waals surface area contributed by atoms with Gasteiger partial charge in [0.15, 0.2) is 0 Å². The van der Waals surface area contributed by atoms with Crippen molar-refractivity contribution < 1.29 is 4.11 Å². The predicted octanol–water partition coefficient (Wildman–Crippen LogP) is 6.36. The third-order valence-electron chi connectivity index (χ3n) is 4.43. The quantitative estimate of drug-likeness (QED) is 0.409. The summed E-state index contributed by atoms with van der Waals surface area (Å²) in [6.07, 6.45) is 0. The van der Waals surface area contributed by atoms with E-state index in [0.717, 1.165) is 5.69 Å². The van der Waals surface area contributed by atoms with Gasteiger partial charge in [-0.05, 0) is 60.6 Å². The number of hydrogen-bond donors (Lipinski definition) is 1. The molecule has 0 aromatic heterocycles. The van der Waals surface area contributed by atoms with Crippen LogP contribution < -0.4 is 9.21 Å². The monoisotopic (exact) mass is 441 g/mol. The van der Waals surface area contributed by atoms with Crippen molar-refractivity contribution in [1.29, 1.82) is 0 Å². The normalized spacial score (nSPS) is 16.2. The van der Waals surface area contributed by atoms with Gasteiger partial charge in [-0.1, -0.05) is 57.0 Å². The van der Waals surface area contributed by atoms with Gasteiger partial charge in [-0.2, -0.15) is 0 Å². The number of nitrogens with one attached hydrogen (secondary N) is 1. The molecular weight excluding hydrogens is 398 g/mol. The lowest BCUT2D eigenvalue weighted by Gasteiger charge is -2.58. The molecule has 162 valence electrons. The minimum absolute atomic E-state index is 0.272. The second-order valence-electron chi connectivity index (χ2n) is 12.0. The summed E-state index contributed by atoms with van der Waals surface area (Å²) < 4.78 is 22.3. The standard InChI is InChI=1S/C21H44FN3Si3/c1-18-14-16-19(17-15-18)24(26(8,9)10)28(22,23-20(2,3)4)25(21(5,6)7)27(11,12)13/h14-17,23H,1-13H3. The zero-order valence-electron chi connectivity index (χ0n) is 20.6. The first kappa shape index (κ1) is 25.6. The number of nitrogens with zero attached hydrogens (tertiary/aromatic N) is 2. The Bertz CT molecular complexity index is 638. The number of halogens is 1. The fraction of sp³-hybridized carbons (Fsp3) is 0.714. The first-order chi connectivity index (χ1) is 12.2. The van der Waals surface area contributed by atoms with Gasteiger partial charge in [-0.3, -0.25) is 9.21 Å². The van der Waals surface area contributed by atoms with E-state index in [2.05, 4.69) is 125 Å². The summed E-state index contributed by atoms with van der Waals surface area (Å²) in [6.45, 7) is 28.4. The summed E-state index contributed by atoms with van der Waals surface area (Å²) >= 11 is 0. The van der Waals surface area contributed by atoms with Crippen LogP contribution in [-0.2, 0) is 0 Å². The molecule has 3 nitrogen and oxygen atoms in total. The molecule has 0 aliphatic heterocycles. The van der Waals surface area contributed by atoms with Crippen molar-refractivity contribution in [2.75, 3.05) is 4.23 Å². The van der Waals surface area contributed by atoms with Crippen molar-refractivity contribution in [2.45, 2.75) is 98.8 Å². The molecule has 0 amide bonds. The topological polar surface area (TPSA) is 18.5 Å². The Labute approximate surface area is 177 Å². The highest BCUT2D eigenvalue weighted by Gasteiger charge is 2.61. The Morgan fingerprint density at radius 1 is 0.786 bits per heavy atom. The van der Waals surface area contributed by atoms with E-state index < -0.39 is 25.4 Å². The van der Waals surface area contributed by atoms with Crippen LogP contribution in [-0.4, -0.2) is 40.7 Å². The molecule has 0 spiro atoms. The van der Waals surface area contributed by atoms with Gasteiger partial charge >= 0.3 is 8.89 Å². The predicted molar refractivity (Wildman–Crippen MR) is 132 cm³/mol. The van der Waals surface area contributed by atoms with Gasteiger partial charge in [0.2, 0.25) is 0 Å². The van der Waals surface area contributed by atoms with Gasteiger partial charge in [0.05, 0.1) is 0 Å². The van der Waals surface area contributed by atoms with E-state index in [4.69, 9.17) is 0 Å². The Morgan fingerprint density at radius 2 is 1.21 bits per heavy atom. The highest BCUT2D eigenvalue weighted by molar-refractivity contribution is 7.00. The molecule has 28 heavy (non-hydrogen) atoms. The summed E-state index contributed by atoms with van der Waals surface area (Å²) in [5, 5.41) is 0. The second-order valence-corrected chi connectivity index (χ2v) is 24.8. The van der Waals surface area contributed by atoms with E-state index in [1.54, 1.807) is 0 Å². The summed E-state index contributed by atoms with van der Waals surface area (Å²) in [5.74, 6) is 0. The van der Waals surface area contributed by atoms with Crippen LogP contribution in [0.15, 0.2) is 24.3 Å². The summed E-state index contributed by atoms with van der Waals surface area (Å²) in [5.41, 5.74) is 1.61. The molecule has 1 unspecified atom stereocenters. The first-order valence-electron chi connectivity index (χ1n) is 10.4. The highest BCUT2D eigenvalue weighted by Crippen LogP contribution is 2.37. The lowest BCUT2D eigenvalue weighted by atomic mass is 10.1. The third kappa shape index (κ3) is 6.26. The number of anilines is 1. The Morgan fingerprint density at radius 3 is 1.50 bits per heavy atom. The number of aryl methyl sites for hydroxylation is 1. The fourth-order valence-electron chi connectivity index (χ4n) is 4.28. The molecule has 0 saturated carbocycles. The lowest BCUT2D eigenvalue weighted by molar-refractivity contribution is 0.299. The maximum atomic E-state index is 17.8. The van der Waals surface area contributed by atoms with Gasteiger partial charge in [0.1, 0.15) is 16.5 Å². The van der Waals surface area contributed by atoms with E-state index in [-0.39, 0.29) is 11.1 Å². The maximum absolute atomic E-state index is 17.8. The molecule has 0 aliphatic rings. The minimum atomic E-state index is -3.77. The van der Waals surface area contributed by atoms with E-state index >= 15 is 4.11 Å². The van der Waals surface area contributed by atoms with Crippen LogP contribution in [0.2, 0.25) is 39.3 Å². The van der Waals surface area contributed by atoms with E-state index in [1.807, 2.05) is 0 Å². The number of benzene rings is 1. The molecule has 0 fully saturated rings. The van der Waals surface area contributed by atoms with E-state index in [9.17, 15) is 0 Å². The van der Waals surface area contributed by atoms with Crippen molar-refractivity contribution in [3.8, 4) is 0 Å². The van der Waals surface area contributed by atoms with Crippen LogP contribution in [0.5, 0.6) is 0 Å². The van der Waals surface area contributed by atoms with Crippen LogP contribution in [0, 0.1) is 6.92 Å². The van der Waals surface area contributed by atoms with Gasteiger partial charge in [-0.25, -0.2) is 4.11 Å². The smallest absolute Gasteiger partial charge is 0.376 e. The Hall–Kier alpha value is -0.479. The molecule has 0 heterocycles. The van der Waals surface area contributed by atoms with Crippen LogP contribution in [0.1, 0.15) is 47.1 Å². The van der Waals surface area contributed by atoms with Gasteiger partial charge < -0.3 is 4.23 Å². The molecule has 7 heteroatoms. The molecule has 0 saturated heterocycles. The maximum Gasteiger partial charge on any atom is 0.503 e. The number of rotatable bonds is 6. The first-order valence-corrected chi connectivity index (χ1v) is 19.0. The van der Waals surface area contributed by atoms with Crippen molar-refractivity contribution in [3.63, 3.8) is 0 Å². The van der Waals surface area contributed by atoms with E-state index in [1.165, 1.54) is 5.56 Å². The van der Waals surface area contributed by atoms with Crippen LogP contribution in [0.3, 0.4) is 0 Å². The summed E-state index contributed by atoms with van der Waals surface area (Å²) in [7, 11) is -7.83. The Balaban J connectivity index is 3.87. The van der Waals surface area contributed by atoms with Crippen molar-refractivity contribution in [2.24, 2.45) is 0 Å². The number of hydrogen-bond acceptors (Lipinski definition) is 3. The third-order valence-corrected chi connectivity index (χ3v) is 17.0. The van der Waals surface area contributed by atoms with Crippen LogP contribution >= 0.6 is 0 Å². The minimum Gasteiger partial charge on any atom is -0.376 e. The highest BCUT2D eigenvalue weighted by atomic mass is 28.5. The second kappa shape index (κ2) is 7.98. The molecule has 1 atom stereocenters. The van der Waals surface area contributed by atoms with Crippen molar-refractivity contribution in [1.82, 2.24) is 9.21 Å². The van der Waals surface area contributed by atoms with Crippen LogP contribution in [0.4, 0.5) is 9.80 Å². The zero-order chi connectivity index (χ0) is 22.3. The van der Waals surface area contributed by atoms with Crippen LogP contribution in [0.25, 0.3) is 0 Å². The molecule has 0 radical (unpaired) electrons. The zero-order valence-corrected chi connectivity index (χ0v) is 23.6. The summed E-state index contributed by atoms with van der Waals surface area (Å²) in [4.78, 5) is 3.56. The fourth-order valence-corrected chi connectivity index (χ4v) is 18.3. The molecule has 0 bridgehead atoms. The molecule has 1 aromatic rings.